The lowest BCUT2D eigenvalue weighted by Gasteiger charge is -2.42. The van der Waals surface area contributed by atoms with Crippen LogP contribution in [0.4, 0.5) is 0 Å². The van der Waals surface area contributed by atoms with Gasteiger partial charge in [-0.3, -0.25) is 19.4 Å². The minimum Gasteiger partial charge on any atom is -0.349 e. The molecule has 254 valence electrons. The molecule has 0 spiro atoms. The molecule has 2 unspecified atom stereocenters. The van der Waals surface area contributed by atoms with Crippen LogP contribution in [-0.2, 0) is 9.59 Å². The number of unbranched alkanes of at least 4 members (excludes halogenated alkanes) is 2. The summed E-state index contributed by atoms with van der Waals surface area (Å²) in [5.74, 6) is 4.24. The van der Waals surface area contributed by atoms with E-state index in [2.05, 4.69) is 78.8 Å². The number of piperidine rings is 1. The average molecular weight is 643 g/mol. The van der Waals surface area contributed by atoms with Crippen LogP contribution in [0.1, 0.15) is 94.6 Å². The van der Waals surface area contributed by atoms with E-state index in [0.717, 1.165) is 89.2 Å². The maximum atomic E-state index is 13.5. The standard InChI is InChI=1S/C37H54N8O2/c1-4-5-6-10-16-41-18-20-42(21-19-41)26-35(46)43-24-30(25-43)37(47)39-34(29-11-8-7-9-12-29)15-17-44-31-13-14-32(44)23-33(22-31)45-27-38-40-36(45)28(2)3/h1,7-9,11-12,27-28,30-34H,5-6,10,13-26H2,2-3H3,(H,39,47)/t31?,32?,33?,34-/m0/s1. The predicted octanol–water partition coefficient (Wildman–Crippen LogP) is 3.70. The number of piperazine rings is 1. The van der Waals surface area contributed by atoms with Crippen molar-refractivity contribution in [3.63, 3.8) is 0 Å². The fourth-order valence-electron chi connectivity index (χ4n) is 8.23. The molecular formula is C37H54N8O2. The molecule has 1 aromatic carbocycles. The van der Waals surface area contributed by atoms with Crippen molar-refractivity contribution >= 4 is 11.8 Å². The number of hydrogen-bond donors (Lipinski definition) is 1. The number of nitrogens with zero attached hydrogens (tertiary/aromatic N) is 7. The zero-order valence-corrected chi connectivity index (χ0v) is 28.5. The normalized spacial score (nSPS) is 24.6. The van der Waals surface area contributed by atoms with Gasteiger partial charge in [-0.1, -0.05) is 44.2 Å². The van der Waals surface area contributed by atoms with Crippen molar-refractivity contribution in [3.8, 4) is 12.3 Å². The van der Waals surface area contributed by atoms with E-state index in [1.807, 2.05) is 17.3 Å². The molecule has 10 nitrogen and oxygen atoms in total. The van der Waals surface area contributed by atoms with Gasteiger partial charge in [-0.15, -0.1) is 22.5 Å². The Kier molecular flexibility index (Phi) is 11.3. The van der Waals surface area contributed by atoms with Gasteiger partial charge in [0.05, 0.1) is 18.5 Å². The first-order valence-electron chi connectivity index (χ1n) is 18.1. The average Bonchev–Trinajstić information content (AvgIpc) is 3.63. The largest absolute Gasteiger partial charge is 0.349 e. The zero-order chi connectivity index (χ0) is 32.8. The summed E-state index contributed by atoms with van der Waals surface area (Å²) in [7, 11) is 0. The second kappa shape index (κ2) is 15.8. The molecule has 1 aromatic heterocycles. The highest BCUT2D eigenvalue weighted by Gasteiger charge is 2.42. The fraction of sp³-hybridized carbons (Fsp3) is 0.676. The van der Waals surface area contributed by atoms with Crippen LogP contribution in [0.3, 0.4) is 0 Å². The number of nitrogens with one attached hydrogen (secondary N) is 1. The quantitative estimate of drug-likeness (QED) is 0.248. The second-order valence-electron chi connectivity index (χ2n) is 14.5. The van der Waals surface area contributed by atoms with Gasteiger partial charge in [0.15, 0.2) is 0 Å². The summed E-state index contributed by atoms with van der Waals surface area (Å²) in [5.41, 5.74) is 1.15. The summed E-state index contributed by atoms with van der Waals surface area (Å²) >= 11 is 0. The summed E-state index contributed by atoms with van der Waals surface area (Å²) in [4.78, 5) is 35.8. The predicted molar refractivity (Wildman–Crippen MR) is 183 cm³/mol. The summed E-state index contributed by atoms with van der Waals surface area (Å²) in [5, 5.41) is 12.0. The van der Waals surface area contributed by atoms with Gasteiger partial charge in [-0.05, 0) is 57.1 Å². The van der Waals surface area contributed by atoms with Crippen molar-refractivity contribution in [2.45, 2.75) is 95.3 Å². The van der Waals surface area contributed by atoms with Gasteiger partial charge in [-0.25, -0.2) is 0 Å². The highest BCUT2D eigenvalue weighted by atomic mass is 16.2. The lowest BCUT2D eigenvalue weighted by molar-refractivity contribution is -0.144. The third-order valence-corrected chi connectivity index (χ3v) is 11.0. The second-order valence-corrected chi connectivity index (χ2v) is 14.5. The van der Waals surface area contributed by atoms with E-state index in [-0.39, 0.29) is 23.8 Å². The lowest BCUT2D eigenvalue weighted by Crippen LogP contribution is -2.59. The number of aromatic nitrogens is 3. The van der Waals surface area contributed by atoms with E-state index < -0.39 is 0 Å². The summed E-state index contributed by atoms with van der Waals surface area (Å²) in [6.07, 6.45) is 16.0. The highest BCUT2D eigenvalue weighted by Crippen LogP contribution is 2.42. The number of carbonyl (C=O) groups excluding carboxylic acids is 2. The van der Waals surface area contributed by atoms with Gasteiger partial charge in [-0.2, -0.15) is 0 Å². The maximum absolute atomic E-state index is 13.5. The third kappa shape index (κ3) is 8.25. The molecule has 5 heterocycles. The number of hydrogen-bond acceptors (Lipinski definition) is 7. The van der Waals surface area contributed by atoms with E-state index in [1.54, 1.807) is 0 Å². The van der Waals surface area contributed by atoms with Crippen LogP contribution in [0.15, 0.2) is 36.7 Å². The Hall–Kier alpha value is -3.26. The molecule has 4 fully saturated rings. The Balaban J connectivity index is 0.962. The molecule has 2 amide bonds. The van der Waals surface area contributed by atoms with Crippen LogP contribution in [0.2, 0.25) is 0 Å². The van der Waals surface area contributed by atoms with Crippen molar-refractivity contribution in [2.75, 3.05) is 58.9 Å². The summed E-state index contributed by atoms with van der Waals surface area (Å²) in [6.45, 7) is 11.7. The topological polar surface area (TPSA) is 89.8 Å². The number of carbonyl (C=O) groups is 2. The first-order valence-corrected chi connectivity index (χ1v) is 18.1. The van der Waals surface area contributed by atoms with Crippen molar-refractivity contribution in [1.29, 1.82) is 0 Å². The molecule has 0 radical (unpaired) electrons. The molecule has 4 saturated heterocycles. The van der Waals surface area contributed by atoms with Gasteiger partial charge < -0.3 is 19.7 Å². The molecule has 4 aliphatic heterocycles. The maximum Gasteiger partial charge on any atom is 0.236 e. The van der Waals surface area contributed by atoms with Gasteiger partial charge in [0.25, 0.3) is 0 Å². The molecule has 47 heavy (non-hydrogen) atoms. The smallest absolute Gasteiger partial charge is 0.236 e. The van der Waals surface area contributed by atoms with Crippen molar-refractivity contribution in [1.82, 2.24) is 39.7 Å². The van der Waals surface area contributed by atoms with Gasteiger partial charge in [0, 0.05) is 76.3 Å². The van der Waals surface area contributed by atoms with E-state index in [1.165, 1.54) is 12.8 Å². The Labute approximate surface area is 281 Å². The molecular weight excluding hydrogens is 588 g/mol. The lowest BCUT2D eigenvalue weighted by atomic mass is 9.94. The number of terminal acetylenes is 1. The van der Waals surface area contributed by atoms with Crippen LogP contribution in [0, 0.1) is 18.3 Å². The SMILES string of the molecule is C#CCCCCN1CCN(CC(=O)N2CC(C(=O)N[C@@H](CCN3C4CCC3CC(n3cnnc3C(C)C)C4)c3ccccc3)C2)CC1. The molecule has 0 aliphatic carbocycles. The minimum absolute atomic E-state index is 0.0427. The summed E-state index contributed by atoms with van der Waals surface area (Å²) in [6, 6.07) is 11.9. The van der Waals surface area contributed by atoms with Gasteiger partial charge >= 0.3 is 0 Å². The van der Waals surface area contributed by atoms with E-state index in [0.29, 0.717) is 43.7 Å². The first kappa shape index (κ1) is 33.6. The molecule has 4 aliphatic rings. The highest BCUT2D eigenvalue weighted by molar-refractivity contribution is 5.85. The summed E-state index contributed by atoms with van der Waals surface area (Å²) < 4.78 is 2.33. The number of rotatable bonds is 14. The Bertz CT molecular complexity index is 1340. The molecule has 3 atom stereocenters. The number of fused-ring (bicyclic) bond motifs is 2. The van der Waals surface area contributed by atoms with Crippen LogP contribution < -0.4 is 5.32 Å². The van der Waals surface area contributed by atoms with Crippen LogP contribution in [-0.4, -0.2) is 117 Å². The Morgan fingerprint density at radius 3 is 2.34 bits per heavy atom. The molecule has 0 saturated carbocycles. The van der Waals surface area contributed by atoms with E-state index in [9.17, 15) is 9.59 Å². The molecule has 1 N–H and O–H groups in total. The van der Waals surface area contributed by atoms with Crippen LogP contribution >= 0.6 is 0 Å². The number of benzene rings is 1. The van der Waals surface area contributed by atoms with Crippen LogP contribution in [0.25, 0.3) is 0 Å². The molecule has 2 aromatic rings. The monoisotopic (exact) mass is 642 g/mol. The van der Waals surface area contributed by atoms with Gasteiger partial charge in [0.1, 0.15) is 12.2 Å². The minimum atomic E-state index is -0.143. The zero-order valence-electron chi connectivity index (χ0n) is 28.5. The van der Waals surface area contributed by atoms with Crippen LogP contribution in [0.5, 0.6) is 0 Å². The molecule has 2 bridgehead atoms. The third-order valence-electron chi connectivity index (χ3n) is 11.0. The van der Waals surface area contributed by atoms with Crippen molar-refractivity contribution in [2.24, 2.45) is 5.92 Å². The molecule has 10 heteroatoms. The van der Waals surface area contributed by atoms with Crippen molar-refractivity contribution in [3.05, 3.63) is 48.0 Å². The van der Waals surface area contributed by atoms with Crippen molar-refractivity contribution < 1.29 is 9.59 Å². The Morgan fingerprint density at radius 2 is 1.66 bits per heavy atom. The number of likely N-dealkylation sites (tertiary alicyclic amines) is 1. The first-order chi connectivity index (χ1) is 22.9. The van der Waals surface area contributed by atoms with E-state index >= 15 is 0 Å². The fourth-order valence-corrected chi connectivity index (χ4v) is 8.23. The number of amides is 2. The Morgan fingerprint density at radius 1 is 0.957 bits per heavy atom. The molecule has 6 rings (SSSR count). The van der Waals surface area contributed by atoms with Gasteiger partial charge in [0.2, 0.25) is 11.8 Å². The van der Waals surface area contributed by atoms with E-state index in [4.69, 9.17) is 6.42 Å².